The highest BCUT2D eigenvalue weighted by Crippen LogP contribution is 2.16. The summed E-state index contributed by atoms with van der Waals surface area (Å²) in [7, 11) is 1.65. The van der Waals surface area contributed by atoms with Gasteiger partial charge in [-0.15, -0.1) is 0 Å². The number of rotatable bonds is 26. The molecule has 0 aliphatic heterocycles. The topological polar surface area (TPSA) is 67.4 Å². The highest BCUT2D eigenvalue weighted by atomic mass is 16.5. The first kappa shape index (κ1) is 34.1. The van der Waals surface area contributed by atoms with Crippen molar-refractivity contribution in [3.8, 4) is 0 Å². The molecule has 0 aromatic heterocycles. The minimum Gasteiger partial charge on any atom is -0.385 e. The molecule has 0 aliphatic carbocycles. The molecule has 1 rings (SSSR count). The maximum absolute atomic E-state index is 12.3. The Morgan fingerprint density at radius 2 is 1.18 bits per heavy atom. The van der Waals surface area contributed by atoms with E-state index in [-0.39, 0.29) is 11.8 Å². The first-order chi connectivity index (χ1) is 18.7. The molecule has 0 saturated carbocycles. The van der Waals surface area contributed by atoms with Crippen molar-refractivity contribution in [3.63, 3.8) is 0 Å². The molecule has 0 atom stereocenters. The molecule has 2 N–H and O–H groups in total. The predicted molar refractivity (Wildman–Crippen MR) is 162 cm³/mol. The SMILES string of the molecule is CCCCCCCCCCCCCCCCCCCCCC(=O)Nc1cccc(C(=O)NCCCOC)c1. The summed E-state index contributed by atoms with van der Waals surface area (Å²) in [6.07, 6.45) is 26.9. The van der Waals surface area contributed by atoms with Crippen LogP contribution in [0, 0.1) is 0 Å². The number of unbranched alkanes of at least 4 members (excludes halogenated alkanes) is 18. The van der Waals surface area contributed by atoms with E-state index >= 15 is 0 Å². The minimum absolute atomic E-state index is 0.0228. The van der Waals surface area contributed by atoms with Crippen molar-refractivity contribution < 1.29 is 14.3 Å². The summed E-state index contributed by atoms with van der Waals surface area (Å²) in [6, 6.07) is 7.13. The zero-order valence-corrected chi connectivity index (χ0v) is 24.8. The van der Waals surface area contributed by atoms with Crippen LogP contribution in [0.1, 0.15) is 152 Å². The lowest BCUT2D eigenvalue weighted by molar-refractivity contribution is -0.116. The van der Waals surface area contributed by atoms with Gasteiger partial charge in [0, 0.05) is 37.9 Å². The second kappa shape index (κ2) is 25.4. The molecule has 0 spiro atoms. The fourth-order valence-electron chi connectivity index (χ4n) is 4.85. The lowest BCUT2D eigenvalue weighted by Crippen LogP contribution is -2.25. The third-order valence-electron chi connectivity index (χ3n) is 7.23. The monoisotopic (exact) mass is 530 g/mol. The van der Waals surface area contributed by atoms with Gasteiger partial charge in [0.05, 0.1) is 0 Å². The van der Waals surface area contributed by atoms with E-state index in [1.807, 2.05) is 6.07 Å². The molecule has 0 radical (unpaired) electrons. The van der Waals surface area contributed by atoms with Crippen LogP contribution in [-0.4, -0.2) is 32.1 Å². The summed E-state index contributed by atoms with van der Waals surface area (Å²) in [4.78, 5) is 24.5. The van der Waals surface area contributed by atoms with Crippen LogP contribution in [0.5, 0.6) is 0 Å². The van der Waals surface area contributed by atoms with Crippen LogP contribution in [0.25, 0.3) is 0 Å². The van der Waals surface area contributed by atoms with E-state index in [4.69, 9.17) is 4.74 Å². The Balaban J connectivity index is 1.92. The molecule has 2 amide bonds. The molecule has 0 bridgehead atoms. The number of anilines is 1. The maximum Gasteiger partial charge on any atom is 0.251 e. The van der Waals surface area contributed by atoms with Crippen molar-refractivity contribution in [1.82, 2.24) is 5.32 Å². The normalized spacial score (nSPS) is 11.0. The molecule has 0 unspecified atom stereocenters. The van der Waals surface area contributed by atoms with Gasteiger partial charge in [-0.2, -0.15) is 0 Å². The van der Waals surface area contributed by atoms with Gasteiger partial charge < -0.3 is 15.4 Å². The van der Waals surface area contributed by atoms with E-state index in [9.17, 15) is 9.59 Å². The summed E-state index contributed by atoms with van der Waals surface area (Å²) >= 11 is 0. The zero-order chi connectivity index (χ0) is 27.5. The summed E-state index contributed by atoms with van der Waals surface area (Å²) < 4.78 is 4.99. The average Bonchev–Trinajstić information content (AvgIpc) is 2.92. The molecule has 5 nitrogen and oxygen atoms in total. The van der Waals surface area contributed by atoms with Crippen molar-refractivity contribution in [2.24, 2.45) is 0 Å². The van der Waals surface area contributed by atoms with E-state index in [0.29, 0.717) is 30.8 Å². The molecule has 1 aromatic carbocycles. The molecular weight excluding hydrogens is 472 g/mol. The summed E-state index contributed by atoms with van der Waals surface area (Å²) in [5.41, 5.74) is 1.24. The van der Waals surface area contributed by atoms with Crippen LogP contribution in [0.3, 0.4) is 0 Å². The molecular formula is C33H58N2O3. The summed E-state index contributed by atoms with van der Waals surface area (Å²) in [5, 5.41) is 5.81. The number of carbonyl (C=O) groups excluding carboxylic acids is 2. The number of methoxy groups -OCH3 is 1. The van der Waals surface area contributed by atoms with Gasteiger partial charge in [0.1, 0.15) is 0 Å². The third-order valence-corrected chi connectivity index (χ3v) is 7.23. The Morgan fingerprint density at radius 1 is 0.684 bits per heavy atom. The third kappa shape index (κ3) is 20.1. The lowest BCUT2D eigenvalue weighted by atomic mass is 10.0. The standard InChI is InChI=1S/C33H58N2O3/c1-3-4-5-6-7-8-9-10-11-12-13-14-15-16-17-18-19-20-21-26-32(36)35-31-25-22-24-30(29-31)33(37)34-27-23-28-38-2/h22,24-25,29H,3-21,23,26-28H2,1-2H3,(H,34,37)(H,35,36). The van der Waals surface area contributed by atoms with E-state index < -0.39 is 0 Å². The van der Waals surface area contributed by atoms with Gasteiger partial charge in [0.25, 0.3) is 5.91 Å². The van der Waals surface area contributed by atoms with Crippen LogP contribution in [0.15, 0.2) is 24.3 Å². The summed E-state index contributed by atoms with van der Waals surface area (Å²) in [5.74, 6) is -0.106. The van der Waals surface area contributed by atoms with Crippen molar-refractivity contribution in [2.75, 3.05) is 25.6 Å². The van der Waals surface area contributed by atoms with Gasteiger partial charge in [0.2, 0.25) is 5.91 Å². The Morgan fingerprint density at radius 3 is 1.68 bits per heavy atom. The van der Waals surface area contributed by atoms with E-state index in [0.717, 1.165) is 19.3 Å². The van der Waals surface area contributed by atoms with E-state index in [1.165, 1.54) is 109 Å². The van der Waals surface area contributed by atoms with Crippen molar-refractivity contribution in [1.29, 1.82) is 0 Å². The number of nitrogens with one attached hydrogen (secondary N) is 2. The molecule has 5 heteroatoms. The van der Waals surface area contributed by atoms with Gasteiger partial charge in [-0.25, -0.2) is 0 Å². The van der Waals surface area contributed by atoms with E-state index in [1.54, 1.807) is 25.3 Å². The average molecular weight is 531 g/mol. The second-order valence-corrected chi connectivity index (χ2v) is 10.8. The van der Waals surface area contributed by atoms with Crippen LogP contribution in [0.4, 0.5) is 5.69 Å². The Kier molecular flexibility index (Phi) is 22.8. The molecule has 0 aliphatic rings. The smallest absolute Gasteiger partial charge is 0.251 e. The van der Waals surface area contributed by atoms with Crippen LogP contribution in [0.2, 0.25) is 0 Å². The first-order valence-electron chi connectivity index (χ1n) is 15.8. The highest BCUT2D eigenvalue weighted by molar-refractivity contribution is 5.97. The van der Waals surface area contributed by atoms with Crippen molar-refractivity contribution in [3.05, 3.63) is 29.8 Å². The van der Waals surface area contributed by atoms with Crippen LogP contribution in [-0.2, 0) is 9.53 Å². The minimum atomic E-state index is -0.129. The molecule has 1 aromatic rings. The largest absolute Gasteiger partial charge is 0.385 e. The van der Waals surface area contributed by atoms with Crippen molar-refractivity contribution in [2.45, 2.75) is 142 Å². The number of hydrogen-bond donors (Lipinski definition) is 2. The second-order valence-electron chi connectivity index (χ2n) is 10.8. The number of amides is 2. The quantitative estimate of drug-likeness (QED) is 0.117. The number of hydrogen-bond acceptors (Lipinski definition) is 3. The van der Waals surface area contributed by atoms with Gasteiger partial charge in [-0.3, -0.25) is 9.59 Å². The zero-order valence-electron chi connectivity index (χ0n) is 24.8. The number of carbonyl (C=O) groups is 2. The Labute approximate surface area is 234 Å². The molecule has 218 valence electrons. The Bertz CT molecular complexity index is 707. The number of ether oxygens (including phenoxy) is 1. The summed E-state index contributed by atoms with van der Waals surface area (Å²) in [6.45, 7) is 3.48. The van der Waals surface area contributed by atoms with Gasteiger partial charge in [-0.05, 0) is 31.0 Å². The highest BCUT2D eigenvalue weighted by Gasteiger charge is 2.08. The lowest BCUT2D eigenvalue weighted by Gasteiger charge is -2.08. The molecule has 0 heterocycles. The Hall–Kier alpha value is -1.88. The molecule has 38 heavy (non-hydrogen) atoms. The van der Waals surface area contributed by atoms with Crippen LogP contribution < -0.4 is 10.6 Å². The number of benzene rings is 1. The van der Waals surface area contributed by atoms with Crippen molar-refractivity contribution >= 4 is 17.5 Å². The predicted octanol–water partition coefficient (Wildman–Crippen LogP) is 9.21. The van der Waals surface area contributed by atoms with Gasteiger partial charge >= 0.3 is 0 Å². The molecule has 0 fully saturated rings. The first-order valence-corrected chi connectivity index (χ1v) is 15.8. The maximum atomic E-state index is 12.3. The van der Waals surface area contributed by atoms with Crippen LogP contribution >= 0.6 is 0 Å². The van der Waals surface area contributed by atoms with Gasteiger partial charge in [0.15, 0.2) is 0 Å². The van der Waals surface area contributed by atoms with Gasteiger partial charge in [-0.1, -0.05) is 129 Å². The molecule has 0 saturated heterocycles. The fraction of sp³-hybridized carbons (Fsp3) is 0.758. The fourth-order valence-corrected chi connectivity index (χ4v) is 4.85. The van der Waals surface area contributed by atoms with E-state index in [2.05, 4.69) is 17.6 Å².